The van der Waals surface area contributed by atoms with Gasteiger partial charge < -0.3 is 19.9 Å². The van der Waals surface area contributed by atoms with Gasteiger partial charge in [-0.2, -0.15) is 0 Å². The topological polar surface area (TPSA) is 67.8 Å². The number of rotatable bonds is 4. The van der Waals surface area contributed by atoms with Crippen molar-refractivity contribution in [3.05, 3.63) is 23.8 Å². The highest BCUT2D eigenvalue weighted by atomic mass is 16.6. The molecule has 104 valence electrons. The summed E-state index contributed by atoms with van der Waals surface area (Å²) in [5.74, 6) is 1.08. The number of hydrogen-bond acceptors (Lipinski definition) is 4. The summed E-state index contributed by atoms with van der Waals surface area (Å²) in [5, 5.41) is 11.9. The largest absolute Gasteiger partial charge is 0.486 e. The van der Waals surface area contributed by atoms with E-state index in [1.807, 2.05) is 13.8 Å². The number of hydrogen-bond donors (Lipinski definition) is 2. The highest BCUT2D eigenvalue weighted by Gasteiger charge is 2.19. The Balaban J connectivity index is 2.03. The molecule has 0 unspecified atom stereocenters. The quantitative estimate of drug-likeness (QED) is 0.858. The van der Waals surface area contributed by atoms with Crippen molar-refractivity contribution in [2.75, 3.05) is 26.4 Å². The molecule has 2 rings (SSSR count). The molecule has 0 bridgehead atoms. The van der Waals surface area contributed by atoms with Crippen molar-refractivity contribution in [3.8, 4) is 11.5 Å². The van der Waals surface area contributed by atoms with E-state index in [1.165, 1.54) is 0 Å². The van der Waals surface area contributed by atoms with Gasteiger partial charge in [-0.05, 0) is 18.2 Å². The number of carbonyl (C=O) groups is 1. The lowest BCUT2D eigenvalue weighted by atomic mass is 9.95. The molecule has 1 amide bonds. The second-order valence-corrected chi connectivity index (χ2v) is 5.36. The maximum Gasteiger partial charge on any atom is 0.251 e. The molecule has 1 aromatic rings. The predicted molar refractivity (Wildman–Crippen MR) is 70.6 cm³/mol. The number of ether oxygens (including phenoxy) is 2. The van der Waals surface area contributed by atoms with Gasteiger partial charge in [0, 0.05) is 24.1 Å². The molecule has 5 nitrogen and oxygen atoms in total. The fourth-order valence-electron chi connectivity index (χ4n) is 1.66. The zero-order chi connectivity index (χ0) is 13.9. The Hall–Kier alpha value is -1.75. The fraction of sp³-hybridized carbons (Fsp3) is 0.500. The number of amides is 1. The normalized spacial score (nSPS) is 14.1. The van der Waals surface area contributed by atoms with Crippen LogP contribution in [0.3, 0.4) is 0 Å². The van der Waals surface area contributed by atoms with Crippen LogP contribution in [0.25, 0.3) is 0 Å². The fourth-order valence-corrected chi connectivity index (χ4v) is 1.66. The van der Waals surface area contributed by atoms with E-state index in [0.717, 1.165) is 0 Å². The SMILES string of the molecule is CC(C)(CO)CNC(=O)c1ccc2c(c1)OCCO2. The van der Waals surface area contributed by atoms with Gasteiger partial charge in [0.15, 0.2) is 11.5 Å². The van der Waals surface area contributed by atoms with Crippen LogP contribution in [0, 0.1) is 5.41 Å². The summed E-state index contributed by atoms with van der Waals surface area (Å²) < 4.78 is 10.8. The van der Waals surface area contributed by atoms with Gasteiger partial charge in [0.25, 0.3) is 5.91 Å². The molecule has 1 aliphatic rings. The number of aliphatic hydroxyl groups is 1. The molecule has 0 saturated heterocycles. The number of carbonyl (C=O) groups excluding carboxylic acids is 1. The molecular formula is C14H19NO4. The van der Waals surface area contributed by atoms with Gasteiger partial charge in [-0.25, -0.2) is 0 Å². The Labute approximate surface area is 112 Å². The van der Waals surface area contributed by atoms with Crippen LogP contribution in [-0.4, -0.2) is 37.4 Å². The Morgan fingerprint density at radius 3 is 2.68 bits per heavy atom. The van der Waals surface area contributed by atoms with E-state index in [0.29, 0.717) is 36.8 Å². The minimum Gasteiger partial charge on any atom is -0.486 e. The maximum atomic E-state index is 12.0. The van der Waals surface area contributed by atoms with E-state index < -0.39 is 0 Å². The first-order chi connectivity index (χ1) is 9.02. The monoisotopic (exact) mass is 265 g/mol. The van der Waals surface area contributed by atoms with Crippen LogP contribution < -0.4 is 14.8 Å². The zero-order valence-electron chi connectivity index (χ0n) is 11.2. The second kappa shape index (κ2) is 5.48. The number of nitrogens with one attached hydrogen (secondary N) is 1. The molecule has 1 aromatic carbocycles. The van der Waals surface area contributed by atoms with Crippen molar-refractivity contribution in [1.82, 2.24) is 5.32 Å². The molecule has 0 aliphatic carbocycles. The van der Waals surface area contributed by atoms with Gasteiger partial charge >= 0.3 is 0 Å². The van der Waals surface area contributed by atoms with Gasteiger partial charge in [0.2, 0.25) is 0 Å². The standard InChI is InChI=1S/C14H19NO4/c1-14(2,9-16)8-15-13(17)10-3-4-11-12(7-10)19-6-5-18-11/h3-4,7,16H,5-6,8-9H2,1-2H3,(H,15,17). The van der Waals surface area contributed by atoms with E-state index in [4.69, 9.17) is 14.6 Å². The van der Waals surface area contributed by atoms with Crippen molar-refractivity contribution in [2.24, 2.45) is 5.41 Å². The van der Waals surface area contributed by atoms with E-state index in [1.54, 1.807) is 18.2 Å². The third kappa shape index (κ3) is 3.38. The van der Waals surface area contributed by atoms with Gasteiger partial charge in [-0.15, -0.1) is 0 Å². The van der Waals surface area contributed by atoms with Crippen molar-refractivity contribution in [1.29, 1.82) is 0 Å². The van der Waals surface area contributed by atoms with Crippen molar-refractivity contribution >= 4 is 5.91 Å². The van der Waals surface area contributed by atoms with Crippen LogP contribution in [0.4, 0.5) is 0 Å². The Morgan fingerprint density at radius 2 is 2.00 bits per heavy atom. The molecule has 0 fully saturated rings. The molecule has 0 saturated carbocycles. The lowest BCUT2D eigenvalue weighted by Crippen LogP contribution is -2.36. The molecule has 1 aliphatic heterocycles. The molecule has 1 heterocycles. The predicted octanol–water partition coefficient (Wildman–Crippen LogP) is 1.21. The first-order valence-corrected chi connectivity index (χ1v) is 6.30. The molecule has 2 N–H and O–H groups in total. The minimum absolute atomic E-state index is 0.0222. The third-order valence-electron chi connectivity index (χ3n) is 2.96. The highest BCUT2D eigenvalue weighted by Crippen LogP contribution is 2.30. The summed E-state index contributed by atoms with van der Waals surface area (Å²) >= 11 is 0. The van der Waals surface area contributed by atoms with Crippen LogP contribution in [0.15, 0.2) is 18.2 Å². The minimum atomic E-state index is -0.330. The van der Waals surface area contributed by atoms with Gasteiger partial charge in [-0.3, -0.25) is 4.79 Å². The molecule has 5 heteroatoms. The first kappa shape index (κ1) is 13.7. The lowest BCUT2D eigenvalue weighted by Gasteiger charge is -2.22. The lowest BCUT2D eigenvalue weighted by molar-refractivity contribution is 0.0910. The van der Waals surface area contributed by atoms with Crippen LogP contribution in [0.5, 0.6) is 11.5 Å². The number of fused-ring (bicyclic) bond motifs is 1. The molecule has 0 spiro atoms. The van der Waals surface area contributed by atoms with Gasteiger partial charge in [0.05, 0.1) is 0 Å². The number of aliphatic hydroxyl groups excluding tert-OH is 1. The third-order valence-corrected chi connectivity index (χ3v) is 2.96. The summed E-state index contributed by atoms with van der Waals surface area (Å²) in [7, 11) is 0. The first-order valence-electron chi connectivity index (χ1n) is 6.30. The van der Waals surface area contributed by atoms with Crippen molar-refractivity contribution < 1.29 is 19.4 Å². The van der Waals surface area contributed by atoms with Crippen LogP contribution in [0.1, 0.15) is 24.2 Å². The van der Waals surface area contributed by atoms with E-state index in [2.05, 4.69) is 5.32 Å². The Morgan fingerprint density at radius 1 is 1.32 bits per heavy atom. The maximum absolute atomic E-state index is 12.0. The van der Waals surface area contributed by atoms with Crippen molar-refractivity contribution in [3.63, 3.8) is 0 Å². The van der Waals surface area contributed by atoms with Crippen LogP contribution >= 0.6 is 0 Å². The molecule has 0 radical (unpaired) electrons. The summed E-state index contributed by atoms with van der Waals surface area (Å²) in [6.45, 7) is 5.23. The number of benzene rings is 1. The molecule has 0 aromatic heterocycles. The summed E-state index contributed by atoms with van der Waals surface area (Å²) in [6, 6.07) is 5.12. The summed E-state index contributed by atoms with van der Waals surface area (Å²) in [4.78, 5) is 12.0. The average molecular weight is 265 g/mol. The smallest absolute Gasteiger partial charge is 0.251 e. The van der Waals surface area contributed by atoms with E-state index in [9.17, 15) is 4.79 Å². The second-order valence-electron chi connectivity index (χ2n) is 5.36. The Kier molecular flexibility index (Phi) is 3.95. The molecular weight excluding hydrogens is 246 g/mol. The summed E-state index contributed by atoms with van der Waals surface area (Å²) in [5.41, 5.74) is 0.196. The highest BCUT2D eigenvalue weighted by molar-refractivity contribution is 5.94. The van der Waals surface area contributed by atoms with E-state index in [-0.39, 0.29) is 17.9 Å². The molecule has 19 heavy (non-hydrogen) atoms. The van der Waals surface area contributed by atoms with Gasteiger partial charge in [0.1, 0.15) is 13.2 Å². The summed E-state index contributed by atoms with van der Waals surface area (Å²) in [6.07, 6.45) is 0. The molecule has 0 atom stereocenters. The van der Waals surface area contributed by atoms with Crippen LogP contribution in [0.2, 0.25) is 0 Å². The van der Waals surface area contributed by atoms with Crippen LogP contribution in [-0.2, 0) is 0 Å². The zero-order valence-corrected chi connectivity index (χ0v) is 11.2. The average Bonchev–Trinajstić information content (AvgIpc) is 2.44. The van der Waals surface area contributed by atoms with Crippen molar-refractivity contribution in [2.45, 2.75) is 13.8 Å². The van der Waals surface area contributed by atoms with E-state index >= 15 is 0 Å². The Bertz CT molecular complexity index is 471. The van der Waals surface area contributed by atoms with Gasteiger partial charge in [-0.1, -0.05) is 13.8 Å².